The van der Waals surface area contributed by atoms with Gasteiger partial charge in [-0.15, -0.1) is 0 Å². The van der Waals surface area contributed by atoms with E-state index in [1.165, 1.54) is 11.1 Å². The Kier molecular flexibility index (Phi) is 3.64. The van der Waals surface area contributed by atoms with Crippen LogP contribution in [-0.2, 0) is 6.54 Å². The molecule has 0 bridgehead atoms. The van der Waals surface area contributed by atoms with Gasteiger partial charge in [-0.1, -0.05) is 12.1 Å². The number of fused-ring (bicyclic) bond motifs is 1. The lowest BCUT2D eigenvalue weighted by molar-refractivity contribution is 0.387. The molecule has 3 nitrogen and oxygen atoms in total. The second-order valence-corrected chi connectivity index (χ2v) is 5.10. The number of para-hydroxylation sites is 1. The summed E-state index contributed by atoms with van der Waals surface area (Å²) in [4.78, 5) is 5.47. The van der Waals surface area contributed by atoms with E-state index in [9.17, 15) is 0 Å². The third-order valence-corrected chi connectivity index (χ3v) is 3.30. The zero-order chi connectivity index (χ0) is 12.4. The van der Waals surface area contributed by atoms with Crippen LogP contribution in [0.25, 0.3) is 11.0 Å². The molecule has 0 aliphatic heterocycles. The van der Waals surface area contributed by atoms with Gasteiger partial charge in [0.2, 0.25) is 0 Å². The number of nitrogens with zero attached hydrogens (tertiary/aromatic N) is 2. The summed E-state index contributed by atoms with van der Waals surface area (Å²) in [6.45, 7) is 4.19. The molecule has 0 aliphatic carbocycles. The minimum atomic E-state index is 0.827. The summed E-state index contributed by atoms with van der Waals surface area (Å²) in [5, 5.41) is 0. The Bertz CT molecular complexity index is 566. The van der Waals surface area contributed by atoms with Gasteiger partial charge in [0.05, 0.1) is 11.0 Å². The first-order valence-electron chi connectivity index (χ1n) is 5.92. The molecule has 17 heavy (non-hydrogen) atoms. The Morgan fingerprint density at radius 2 is 2.12 bits per heavy atom. The number of aryl methyl sites for hydroxylation is 2. The quantitative estimate of drug-likeness (QED) is 0.842. The molecule has 1 N–H and O–H groups in total. The third-order valence-electron chi connectivity index (χ3n) is 2.98. The Labute approximate surface area is 107 Å². The zero-order valence-corrected chi connectivity index (χ0v) is 11.5. The summed E-state index contributed by atoms with van der Waals surface area (Å²) in [5.74, 6) is 0. The van der Waals surface area contributed by atoms with Crippen LogP contribution in [0, 0.1) is 11.7 Å². The predicted molar refractivity (Wildman–Crippen MR) is 75.0 cm³/mol. The number of rotatable bonds is 4. The molecule has 1 heterocycles. The Hall–Kier alpha value is -1.13. The fourth-order valence-electron chi connectivity index (χ4n) is 2.16. The molecule has 92 valence electrons. The Morgan fingerprint density at radius 3 is 2.82 bits per heavy atom. The van der Waals surface area contributed by atoms with Crippen molar-refractivity contribution in [2.45, 2.75) is 19.9 Å². The number of H-pyrrole nitrogens is 1. The van der Waals surface area contributed by atoms with Crippen molar-refractivity contribution in [2.75, 3.05) is 20.6 Å². The van der Waals surface area contributed by atoms with E-state index < -0.39 is 0 Å². The average Bonchev–Trinajstić information content (AvgIpc) is 2.56. The SMILES string of the molecule is Cc1cccc2[nH]c(=S)n(CCCN(C)C)c12. The van der Waals surface area contributed by atoms with Crippen molar-refractivity contribution in [3.63, 3.8) is 0 Å². The fourth-order valence-corrected chi connectivity index (χ4v) is 2.45. The summed E-state index contributed by atoms with van der Waals surface area (Å²) in [5.41, 5.74) is 3.66. The highest BCUT2D eigenvalue weighted by Crippen LogP contribution is 2.18. The van der Waals surface area contributed by atoms with Crippen LogP contribution in [-0.4, -0.2) is 35.1 Å². The van der Waals surface area contributed by atoms with Gasteiger partial charge in [-0.05, 0) is 57.8 Å². The number of aromatic nitrogens is 2. The van der Waals surface area contributed by atoms with Crippen molar-refractivity contribution in [1.29, 1.82) is 0 Å². The number of imidazole rings is 1. The van der Waals surface area contributed by atoms with Gasteiger partial charge in [-0.3, -0.25) is 0 Å². The summed E-state index contributed by atoms with van der Waals surface area (Å²) in [7, 11) is 4.19. The first kappa shape index (κ1) is 12.3. The second kappa shape index (κ2) is 5.02. The monoisotopic (exact) mass is 249 g/mol. The van der Waals surface area contributed by atoms with Crippen LogP contribution in [0.15, 0.2) is 18.2 Å². The first-order chi connectivity index (χ1) is 8.09. The molecular formula is C13H19N3S. The fraction of sp³-hybridized carbons (Fsp3) is 0.462. The topological polar surface area (TPSA) is 24.0 Å². The van der Waals surface area contributed by atoms with Crippen molar-refractivity contribution in [1.82, 2.24) is 14.5 Å². The van der Waals surface area contributed by atoms with Gasteiger partial charge < -0.3 is 14.5 Å². The van der Waals surface area contributed by atoms with Crippen LogP contribution in [0.4, 0.5) is 0 Å². The number of hydrogen-bond donors (Lipinski definition) is 1. The lowest BCUT2D eigenvalue weighted by Crippen LogP contribution is -2.15. The molecule has 0 saturated heterocycles. The van der Waals surface area contributed by atoms with E-state index in [0.717, 1.165) is 29.8 Å². The third kappa shape index (κ3) is 2.58. The lowest BCUT2D eigenvalue weighted by Gasteiger charge is -2.10. The van der Waals surface area contributed by atoms with Gasteiger partial charge in [0.15, 0.2) is 4.77 Å². The normalized spacial score (nSPS) is 11.5. The van der Waals surface area contributed by atoms with Crippen molar-refractivity contribution in [3.05, 3.63) is 28.5 Å². The van der Waals surface area contributed by atoms with Gasteiger partial charge in [0.25, 0.3) is 0 Å². The van der Waals surface area contributed by atoms with E-state index in [4.69, 9.17) is 12.2 Å². The largest absolute Gasteiger partial charge is 0.331 e. The molecule has 0 spiro atoms. The highest BCUT2D eigenvalue weighted by Gasteiger charge is 2.06. The van der Waals surface area contributed by atoms with Gasteiger partial charge in [-0.2, -0.15) is 0 Å². The van der Waals surface area contributed by atoms with Crippen molar-refractivity contribution < 1.29 is 0 Å². The van der Waals surface area contributed by atoms with E-state index in [1.807, 2.05) is 0 Å². The zero-order valence-electron chi connectivity index (χ0n) is 10.7. The summed E-state index contributed by atoms with van der Waals surface area (Å²) in [6.07, 6.45) is 1.11. The maximum atomic E-state index is 5.39. The minimum absolute atomic E-state index is 0.827. The highest BCUT2D eigenvalue weighted by atomic mass is 32.1. The molecule has 1 aromatic carbocycles. The highest BCUT2D eigenvalue weighted by molar-refractivity contribution is 7.71. The number of nitrogens with one attached hydrogen (secondary N) is 1. The van der Waals surface area contributed by atoms with Gasteiger partial charge in [0, 0.05) is 6.54 Å². The van der Waals surface area contributed by atoms with Crippen LogP contribution in [0.5, 0.6) is 0 Å². The standard InChI is InChI=1S/C13H19N3S/c1-10-6-4-7-11-12(10)16(13(17)14-11)9-5-8-15(2)3/h4,6-7H,5,8-9H2,1-3H3,(H,14,17). The maximum absolute atomic E-state index is 5.39. The molecule has 0 amide bonds. The Morgan fingerprint density at radius 1 is 1.35 bits per heavy atom. The molecule has 0 atom stereocenters. The van der Waals surface area contributed by atoms with Crippen LogP contribution >= 0.6 is 12.2 Å². The molecule has 1 aromatic heterocycles. The maximum Gasteiger partial charge on any atom is 0.178 e. The second-order valence-electron chi connectivity index (χ2n) is 4.71. The number of hydrogen-bond acceptors (Lipinski definition) is 2. The summed E-state index contributed by atoms with van der Waals surface area (Å²) >= 11 is 5.39. The molecule has 2 aromatic rings. The van der Waals surface area contributed by atoms with Crippen molar-refractivity contribution >= 4 is 23.3 Å². The Balaban J connectivity index is 2.33. The molecular weight excluding hydrogens is 230 g/mol. The molecule has 0 radical (unpaired) electrons. The van der Waals surface area contributed by atoms with E-state index in [-0.39, 0.29) is 0 Å². The van der Waals surface area contributed by atoms with E-state index in [0.29, 0.717) is 0 Å². The lowest BCUT2D eigenvalue weighted by atomic mass is 10.2. The molecule has 2 rings (SSSR count). The predicted octanol–water partition coefficient (Wildman–Crippen LogP) is 2.96. The van der Waals surface area contributed by atoms with E-state index >= 15 is 0 Å². The summed E-state index contributed by atoms with van der Waals surface area (Å²) < 4.78 is 3.04. The van der Waals surface area contributed by atoms with Crippen molar-refractivity contribution in [3.8, 4) is 0 Å². The van der Waals surface area contributed by atoms with Gasteiger partial charge in [0.1, 0.15) is 0 Å². The van der Waals surface area contributed by atoms with Crippen LogP contribution in [0.2, 0.25) is 0 Å². The van der Waals surface area contributed by atoms with Crippen LogP contribution in [0.3, 0.4) is 0 Å². The first-order valence-corrected chi connectivity index (χ1v) is 6.33. The van der Waals surface area contributed by atoms with Gasteiger partial charge >= 0.3 is 0 Å². The van der Waals surface area contributed by atoms with E-state index in [1.54, 1.807) is 0 Å². The van der Waals surface area contributed by atoms with Gasteiger partial charge in [-0.25, -0.2) is 0 Å². The molecule has 0 saturated carbocycles. The number of benzene rings is 1. The molecule has 0 unspecified atom stereocenters. The van der Waals surface area contributed by atoms with Crippen LogP contribution < -0.4 is 0 Å². The smallest absolute Gasteiger partial charge is 0.178 e. The average molecular weight is 249 g/mol. The molecule has 4 heteroatoms. The molecule has 0 aliphatic rings. The minimum Gasteiger partial charge on any atom is -0.331 e. The van der Waals surface area contributed by atoms with Crippen LogP contribution in [0.1, 0.15) is 12.0 Å². The van der Waals surface area contributed by atoms with Crippen molar-refractivity contribution in [2.24, 2.45) is 0 Å². The number of aromatic amines is 1. The van der Waals surface area contributed by atoms with E-state index in [2.05, 4.69) is 53.7 Å². The summed E-state index contributed by atoms with van der Waals surface area (Å²) in [6, 6.07) is 6.28. The molecule has 0 fully saturated rings.